The highest BCUT2D eigenvalue weighted by Crippen LogP contribution is 2.20. The van der Waals surface area contributed by atoms with E-state index in [1.54, 1.807) is 55.6 Å². The number of amides is 1. The summed E-state index contributed by atoms with van der Waals surface area (Å²) in [5, 5.41) is 8.09. The number of fused-ring (bicyclic) bond motifs is 1. The van der Waals surface area contributed by atoms with Crippen LogP contribution in [0.2, 0.25) is 0 Å². The van der Waals surface area contributed by atoms with Crippen LogP contribution in [-0.2, 0) is 13.0 Å². The Kier molecular flexibility index (Phi) is 6.69. The zero-order valence-electron chi connectivity index (χ0n) is 18.6. The summed E-state index contributed by atoms with van der Waals surface area (Å²) >= 11 is 1.41. The van der Waals surface area contributed by atoms with Gasteiger partial charge >= 0.3 is 0 Å². The quantitative estimate of drug-likeness (QED) is 0.420. The molecule has 33 heavy (non-hydrogen) atoms. The van der Waals surface area contributed by atoms with Crippen molar-refractivity contribution in [2.45, 2.75) is 26.9 Å². The first-order chi connectivity index (χ1) is 15.9. The van der Waals surface area contributed by atoms with Crippen molar-refractivity contribution in [2.24, 2.45) is 5.92 Å². The van der Waals surface area contributed by atoms with Gasteiger partial charge < -0.3 is 14.8 Å². The molecule has 4 aromatic rings. The van der Waals surface area contributed by atoms with E-state index in [9.17, 15) is 9.59 Å². The monoisotopic (exact) mass is 464 g/mol. The number of carbonyl (C=O) groups excluding carboxylic acids is 1. The number of hydrogen-bond donors (Lipinski definition) is 1. The average molecular weight is 465 g/mol. The highest BCUT2D eigenvalue weighted by atomic mass is 32.1. The van der Waals surface area contributed by atoms with E-state index in [0.29, 0.717) is 39.3 Å². The number of aromatic nitrogens is 3. The Balaban J connectivity index is 1.43. The molecule has 4 rings (SSSR count). The van der Waals surface area contributed by atoms with Gasteiger partial charge in [-0.05, 0) is 42.3 Å². The van der Waals surface area contributed by atoms with Crippen molar-refractivity contribution in [3.63, 3.8) is 0 Å². The lowest BCUT2D eigenvalue weighted by Crippen LogP contribution is -2.16. The number of ether oxygens (including phenoxy) is 2. The first-order valence-electron chi connectivity index (χ1n) is 10.5. The third kappa shape index (κ3) is 5.56. The average Bonchev–Trinajstić information content (AvgIpc) is 3.20. The number of benzene rings is 2. The van der Waals surface area contributed by atoms with Gasteiger partial charge in [-0.25, -0.2) is 4.98 Å². The topological polar surface area (TPSA) is 94.8 Å². The molecule has 0 aliphatic rings. The van der Waals surface area contributed by atoms with Gasteiger partial charge in [0.25, 0.3) is 11.5 Å². The van der Waals surface area contributed by atoms with Crippen LogP contribution < -0.4 is 20.3 Å². The molecule has 0 unspecified atom stereocenters. The number of carbonyl (C=O) groups is 1. The molecule has 0 aliphatic carbocycles. The molecule has 1 N–H and O–H groups in total. The van der Waals surface area contributed by atoms with Gasteiger partial charge in [0.05, 0.1) is 12.8 Å². The second kappa shape index (κ2) is 9.83. The smallest absolute Gasteiger partial charge is 0.275 e. The van der Waals surface area contributed by atoms with Crippen molar-refractivity contribution in [2.75, 3.05) is 12.4 Å². The molecule has 2 aromatic heterocycles. The summed E-state index contributed by atoms with van der Waals surface area (Å²) in [7, 11) is 1.58. The zero-order chi connectivity index (χ0) is 23.4. The third-order valence-electron chi connectivity index (χ3n) is 4.75. The molecular formula is C24H24N4O4S. The molecule has 0 bridgehead atoms. The van der Waals surface area contributed by atoms with E-state index in [0.717, 1.165) is 11.4 Å². The van der Waals surface area contributed by atoms with Crippen LogP contribution in [0.1, 0.15) is 34.9 Å². The number of nitrogens with one attached hydrogen (secondary N) is 1. The Morgan fingerprint density at radius 2 is 1.91 bits per heavy atom. The van der Waals surface area contributed by atoms with E-state index >= 15 is 0 Å². The minimum atomic E-state index is -0.239. The van der Waals surface area contributed by atoms with Gasteiger partial charge in [0.15, 0.2) is 0 Å². The van der Waals surface area contributed by atoms with Gasteiger partial charge in [-0.15, -0.1) is 0 Å². The Bertz CT molecular complexity index is 1330. The van der Waals surface area contributed by atoms with Crippen molar-refractivity contribution < 1.29 is 14.3 Å². The van der Waals surface area contributed by atoms with E-state index in [4.69, 9.17) is 9.47 Å². The molecule has 9 heteroatoms. The van der Waals surface area contributed by atoms with Crippen LogP contribution in [0.5, 0.6) is 11.5 Å². The fourth-order valence-corrected chi connectivity index (χ4v) is 4.30. The van der Waals surface area contributed by atoms with Crippen LogP contribution in [0.4, 0.5) is 5.69 Å². The highest BCUT2D eigenvalue weighted by Gasteiger charge is 2.11. The minimum Gasteiger partial charge on any atom is -0.497 e. The number of rotatable bonds is 8. The van der Waals surface area contributed by atoms with Crippen molar-refractivity contribution in [1.82, 2.24) is 14.6 Å². The molecule has 0 saturated carbocycles. The summed E-state index contributed by atoms with van der Waals surface area (Å²) in [6.45, 7) is 4.34. The summed E-state index contributed by atoms with van der Waals surface area (Å²) in [6, 6.07) is 15.3. The summed E-state index contributed by atoms with van der Waals surface area (Å²) < 4.78 is 12.3. The van der Waals surface area contributed by atoms with Crippen LogP contribution >= 0.6 is 11.3 Å². The fraction of sp³-hybridized carbons (Fsp3) is 0.250. The maximum atomic E-state index is 12.5. The first kappa shape index (κ1) is 22.5. The lowest BCUT2D eigenvalue weighted by molar-refractivity contribution is 0.102. The predicted octanol–water partition coefficient (Wildman–Crippen LogP) is 4.19. The van der Waals surface area contributed by atoms with Crippen molar-refractivity contribution in [3.8, 4) is 11.5 Å². The molecule has 8 nitrogen and oxygen atoms in total. The highest BCUT2D eigenvalue weighted by molar-refractivity contribution is 7.16. The first-order valence-corrected chi connectivity index (χ1v) is 11.3. The largest absolute Gasteiger partial charge is 0.497 e. The number of anilines is 1. The lowest BCUT2D eigenvalue weighted by atomic mass is 10.1. The van der Waals surface area contributed by atoms with Crippen molar-refractivity contribution >= 4 is 27.9 Å². The molecule has 170 valence electrons. The van der Waals surface area contributed by atoms with E-state index in [-0.39, 0.29) is 18.1 Å². The van der Waals surface area contributed by atoms with Gasteiger partial charge in [-0.2, -0.15) is 9.61 Å². The summed E-state index contributed by atoms with van der Waals surface area (Å²) in [5.41, 5.74) is 1.40. The normalized spacial score (nSPS) is 11.0. The maximum absolute atomic E-state index is 12.5. The van der Waals surface area contributed by atoms with Crippen molar-refractivity contribution in [1.29, 1.82) is 0 Å². The molecular weight excluding hydrogens is 440 g/mol. The summed E-state index contributed by atoms with van der Waals surface area (Å²) in [6.07, 6.45) is 0.800. The van der Waals surface area contributed by atoms with E-state index in [1.165, 1.54) is 21.9 Å². The van der Waals surface area contributed by atoms with Crippen LogP contribution in [0.3, 0.4) is 0 Å². The van der Waals surface area contributed by atoms with Crippen LogP contribution in [0.25, 0.3) is 4.96 Å². The molecule has 0 spiro atoms. The molecule has 2 aromatic carbocycles. The predicted molar refractivity (Wildman–Crippen MR) is 127 cm³/mol. The molecule has 0 fully saturated rings. The van der Waals surface area contributed by atoms with Crippen LogP contribution in [0, 0.1) is 5.92 Å². The third-order valence-corrected chi connectivity index (χ3v) is 5.68. The maximum Gasteiger partial charge on any atom is 0.275 e. The minimum absolute atomic E-state index is 0.124. The van der Waals surface area contributed by atoms with Gasteiger partial charge in [-0.1, -0.05) is 31.3 Å². The zero-order valence-corrected chi connectivity index (χ0v) is 19.4. The van der Waals surface area contributed by atoms with E-state index < -0.39 is 0 Å². The Hall–Kier alpha value is -3.72. The fourth-order valence-electron chi connectivity index (χ4n) is 3.17. The van der Waals surface area contributed by atoms with Gasteiger partial charge in [0, 0.05) is 29.8 Å². The Morgan fingerprint density at radius 1 is 1.12 bits per heavy atom. The molecule has 0 saturated heterocycles. The second-order valence-corrected chi connectivity index (χ2v) is 8.91. The molecule has 0 atom stereocenters. The lowest BCUT2D eigenvalue weighted by Gasteiger charge is -2.09. The molecule has 1 amide bonds. The summed E-state index contributed by atoms with van der Waals surface area (Å²) in [5.74, 6) is 1.44. The van der Waals surface area contributed by atoms with Crippen LogP contribution in [-0.4, -0.2) is 27.6 Å². The Labute approximate surface area is 194 Å². The van der Waals surface area contributed by atoms with Crippen molar-refractivity contribution in [3.05, 3.63) is 81.2 Å². The SMILES string of the molecule is COc1ccc(C(=O)Nc2cccc(OCc3cc(=O)n4nc(CC(C)C)sc4n3)c2)cc1. The second-order valence-electron chi connectivity index (χ2n) is 7.87. The molecule has 2 heterocycles. The van der Waals surface area contributed by atoms with E-state index in [1.807, 2.05) is 0 Å². The number of methoxy groups -OCH3 is 1. The molecule has 0 radical (unpaired) electrons. The standard InChI is InChI=1S/C24H24N4O4S/c1-15(2)11-21-27-28-22(29)13-18(26-24(28)33-21)14-32-20-6-4-5-17(12-20)25-23(30)16-7-9-19(31-3)10-8-16/h4-10,12-13,15H,11,14H2,1-3H3,(H,25,30). The van der Waals surface area contributed by atoms with Gasteiger partial charge in [0.2, 0.25) is 4.96 Å². The van der Waals surface area contributed by atoms with Gasteiger partial charge in [-0.3, -0.25) is 9.59 Å². The van der Waals surface area contributed by atoms with E-state index in [2.05, 4.69) is 29.2 Å². The molecule has 0 aliphatic heterocycles. The van der Waals surface area contributed by atoms with Gasteiger partial charge in [0.1, 0.15) is 23.1 Å². The summed E-state index contributed by atoms with van der Waals surface area (Å²) in [4.78, 5) is 30.0. The number of hydrogen-bond acceptors (Lipinski definition) is 7. The number of nitrogens with zero attached hydrogens (tertiary/aromatic N) is 3. The van der Waals surface area contributed by atoms with Crippen LogP contribution in [0.15, 0.2) is 59.4 Å². The Morgan fingerprint density at radius 3 is 2.64 bits per heavy atom.